The zero-order valence-electron chi connectivity index (χ0n) is 19.3. The zero-order valence-corrected chi connectivity index (χ0v) is 20.1. The molecule has 0 aliphatic carbocycles. The third-order valence-corrected chi connectivity index (χ3v) is 6.34. The van der Waals surface area contributed by atoms with Crippen LogP contribution in [-0.2, 0) is 11.3 Å². The molecule has 170 valence electrons. The van der Waals surface area contributed by atoms with E-state index in [-0.39, 0.29) is 24.0 Å². The molecule has 1 saturated heterocycles. The van der Waals surface area contributed by atoms with Crippen LogP contribution >= 0.6 is 11.3 Å². The first-order valence-corrected chi connectivity index (χ1v) is 12.0. The van der Waals surface area contributed by atoms with Crippen molar-refractivity contribution in [1.82, 2.24) is 19.7 Å². The van der Waals surface area contributed by atoms with Crippen molar-refractivity contribution in [3.8, 4) is 5.69 Å². The van der Waals surface area contributed by atoms with Gasteiger partial charge in [-0.2, -0.15) is 5.10 Å². The summed E-state index contributed by atoms with van der Waals surface area (Å²) in [6.45, 7) is 12.9. The fourth-order valence-corrected chi connectivity index (χ4v) is 4.92. The maximum absolute atomic E-state index is 13.1. The first kappa shape index (κ1) is 22.6. The number of aromatic nitrogens is 3. The first-order valence-electron chi connectivity index (χ1n) is 11.1. The molecule has 0 spiro atoms. The molecule has 2 atom stereocenters. The van der Waals surface area contributed by atoms with Crippen LogP contribution in [0.5, 0.6) is 0 Å². The summed E-state index contributed by atoms with van der Waals surface area (Å²) in [4.78, 5) is 20.1. The summed E-state index contributed by atoms with van der Waals surface area (Å²) in [5.41, 5.74) is 4.56. The van der Waals surface area contributed by atoms with E-state index in [0.717, 1.165) is 36.7 Å². The summed E-state index contributed by atoms with van der Waals surface area (Å²) in [5, 5.41) is 10.1. The third kappa shape index (κ3) is 5.09. The van der Waals surface area contributed by atoms with Gasteiger partial charge in [0.2, 0.25) is 0 Å². The zero-order chi connectivity index (χ0) is 22.8. The number of hydrogen-bond donors (Lipinski definition) is 1. The summed E-state index contributed by atoms with van der Waals surface area (Å²) >= 11 is 1.45. The maximum atomic E-state index is 13.1. The monoisotopic (exact) mass is 453 g/mol. The molecule has 4 rings (SSSR count). The predicted octanol–water partition coefficient (Wildman–Crippen LogP) is 4.62. The lowest BCUT2D eigenvalue weighted by atomic mass is 10.0. The number of anilines is 1. The molecule has 0 radical (unpaired) electrons. The molecule has 32 heavy (non-hydrogen) atoms. The van der Waals surface area contributed by atoms with Gasteiger partial charge in [-0.25, -0.2) is 9.67 Å². The van der Waals surface area contributed by atoms with Gasteiger partial charge < -0.3 is 4.74 Å². The molecule has 2 unspecified atom stereocenters. The van der Waals surface area contributed by atoms with Crippen molar-refractivity contribution in [2.24, 2.45) is 0 Å². The number of aryl methyl sites for hydroxylation is 1. The molecule has 3 aromatic rings. The number of hydrogen-bond acceptors (Lipinski definition) is 6. The number of nitrogens with one attached hydrogen (secondary N) is 1. The largest absolute Gasteiger partial charge is 0.373 e. The normalized spacial score (nSPS) is 19.4. The number of carbonyl (C=O) groups is 1. The number of morpholine rings is 1. The van der Waals surface area contributed by atoms with Crippen LogP contribution in [0, 0.1) is 6.92 Å². The number of rotatable bonds is 6. The molecule has 1 aromatic carbocycles. The Hall–Kier alpha value is -2.55. The molecule has 3 heterocycles. The molecule has 1 aliphatic rings. The molecule has 0 bridgehead atoms. The highest BCUT2D eigenvalue weighted by Gasteiger charge is 2.24. The number of carbonyl (C=O) groups excluding carboxylic acids is 1. The van der Waals surface area contributed by atoms with E-state index in [1.54, 1.807) is 6.20 Å². The lowest BCUT2D eigenvalue weighted by Gasteiger charge is -2.34. The Morgan fingerprint density at radius 2 is 1.91 bits per heavy atom. The second-order valence-corrected chi connectivity index (χ2v) is 9.75. The second kappa shape index (κ2) is 9.52. The number of nitrogens with zero attached hydrogens (tertiary/aromatic N) is 4. The molecule has 7 nitrogen and oxygen atoms in total. The Kier molecular flexibility index (Phi) is 6.74. The minimum atomic E-state index is -0.179. The number of thiazole rings is 1. The van der Waals surface area contributed by atoms with Crippen molar-refractivity contribution in [3.63, 3.8) is 0 Å². The predicted molar refractivity (Wildman–Crippen MR) is 128 cm³/mol. The van der Waals surface area contributed by atoms with E-state index < -0.39 is 0 Å². The van der Waals surface area contributed by atoms with Crippen LogP contribution in [0.15, 0.2) is 35.8 Å². The third-order valence-electron chi connectivity index (χ3n) is 5.53. The van der Waals surface area contributed by atoms with E-state index in [0.29, 0.717) is 10.7 Å². The van der Waals surface area contributed by atoms with Crippen LogP contribution in [0.25, 0.3) is 5.69 Å². The van der Waals surface area contributed by atoms with E-state index in [2.05, 4.69) is 54.9 Å². The Bertz CT molecular complexity index is 1060. The molecular weight excluding hydrogens is 422 g/mol. The summed E-state index contributed by atoms with van der Waals surface area (Å²) in [5.74, 6) is -0.0433. The molecule has 0 saturated carbocycles. The van der Waals surface area contributed by atoms with Crippen molar-refractivity contribution in [3.05, 3.63) is 58.4 Å². The molecular formula is C24H31N5O2S. The van der Waals surface area contributed by atoms with Crippen LogP contribution in [0.3, 0.4) is 0 Å². The fourth-order valence-electron chi connectivity index (χ4n) is 4.22. The van der Waals surface area contributed by atoms with E-state index in [4.69, 9.17) is 4.74 Å². The summed E-state index contributed by atoms with van der Waals surface area (Å²) in [6, 6.07) is 8.15. The SMILES string of the molecule is Cc1ccc(-n2ncc(C(=O)Nc3nc(CN4CC(C)OC(C)C4)cs3)c2C(C)C)cc1. The smallest absolute Gasteiger partial charge is 0.260 e. The molecule has 1 N–H and O–H groups in total. The minimum absolute atomic E-state index is 0.136. The number of benzene rings is 1. The van der Waals surface area contributed by atoms with Crippen molar-refractivity contribution in [2.75, 3.05) is 18.4 Å². The van der Waals surface area contributed by atoms with Gasteiger partial charge in [0.25, 0.3) is 5.91 Å². The van der Waals surface area contributed by atoms with Gasteiger partial charge >= 0.3 is 0 Å². The van der Waals surface area contributed by atoms with Crippen LogP contribution in [-0.4, -0.2) is 50.9 Å². The Balaban J connectivity index is 1.48. The van der Waals surface area contributed by atoms with E-state index in [1.807, 2.05) is 34.3 Å². The highest BCUT2D eigenvalue weighted by Crippen LogP contribution is 2.25. The summed E-state index contributed by atoms with van der Waals surface area (Å²) in [7, 11) is 0. The molecule has 1 aliphatic heterocycles. The fraction of sp³-hybridized carbons (Fsp3) is 0.458. The standard InChI is InChI=1S/C24H31N5O2S/c1-15(2)22-21(10-25-29(22)20-8-6-16(3)7-9-20)23(30)27-24-26-19(14-32-24)13-28-11-17(4)31-18(5)12-28/h6-10,14-15,17-18H,11-13H2,1-5H3,(H,26,27,30). The van der Waals surface area contributed by atoms with Crippen molar-refractivity contribution >= 4 is 22.4 Å². The van der Waals surface area contributed by atoms with Crippen molar-refractivity contribution < 1.29 is 9.53 Å². The van der Waals surface area contributed by atoms with Gasteiger partial charge in [0.1, 0.15) is 0 Å². The Morgan fingerprint density at radius 3 is 2.56 bits per heavy atom. The summed E-state index contributed by atoms with van der Waals surface area (Å²) < 4.78 is 7.66. The van der Waals surface area contributed by atoms with Gasteiger partial charge in [0.15, 0.2) is 5.13 Å². The van der Waals surface area contributed by atoms with Crippen LogP contribution in [0.4, 0.5) is 5.13 Å². The lowest BCUT2D eigenvalue weighted by molar-refractivity contribution is -0.0707. The van der Waals surface area contributed by atoms with Crippen molar-refractivity contribution in [1.29, 1.82) is 0 Å². The average molecular weight is 454 g/mol. The second-order valence-electron chi connectivity index (χ2n) is 8.90. The highest BCUT2D eigenvalue weighted by molar-refractivity contribution is 7.14. The Labute approximate surface area is 193 Å². The highest BCUT2D eigenvalue weighted by atomic mass is 32.1. The van der Waals surface area contributed by atoms with Gasteiger partial charge in [-0.3, -0.25) is 15.0 Å². The van der Waals surface area contributed by atoms with Crippen LogP contribution in [0.2, 0.25) is 0 Å². The van der Waals surface area contributed by atoms with Gasteiger partial charge in [-0.15, -0.1) is 11.3 Å². The minimum Gasteiger partial charge on any atom is -0.373 e. The quantitative estimate of drug-likeness (QED) is 0.590. The molecule has 1 amide bonds. The Morgan fingerprint density at radius 1 is 1.22 bits per heavy atom. The lowest BCUT2D eigenvalue weighted by Crippen LogP contribution is -2.44. The summed E-state index contributed by atoms with van der Waals surface area (Å²) in [6.07, 6.45) is 2.09. The van der Waals surface area contributed by atoms with Gasteiger partial charge in [0, 0.05) is 25.0 Å². The van der Waals surface area contributed by atoms with Gasteiger partial charge in [-0.1, -0.05) is 31.5 Å². The van der Waals surface area contributed by atoms with Gasteiger partial charge in [0.05, 0.1) is 41.0 Å². The van der Waals surface area contributed by atoms with E-state index in [9.17, 15) is 4.79 Å². The first-order chi connectivity index (χ1) is 15.3. The average Bonchev–Trinajstić information content (AvgIpc) is 3.35. The topological polar surface area (TPSA) is 72.3 Å². The van der Waals surface area contributed by atoms with E-state index in [1.165, 1.54) is 16.9 Å². The van der Waals surface area contributed by atoms with Crippen LogP contribution < -0.4 is 5.32 Å². The van der Waals surface area contributed by atoms with E-state index >= 15 is 0 Å². The molecule has 8 heteroatoms. The number of ether oxygens (including phenoxy) is 1. The molecule has 1 fully saturated rings. The maximum Gasteiger partial charge on any atom is 0.260 e. The van der Waals surface area contributed by atoms with Gasteiger partial charge in [-0.05, 0) is 38.8 Å². The number of amides is 1. The van der Waals surface area contributed by atoms with Crippen LogP contribution in [0.1, 0.15) is 60.9 Å². The molecule has 2 aromatic heterocycles. The van der Waals surface area contributed by atoms with Crippen molar-refractivity contribution in [2.45, 2.75) is 59.3 Å².